The smallest absolute Gasteiger partial charge is 0.412 e. The fourth-order valence-electron chi connectivity index (χ4n) is 3.14. The molecule has 158 valence electrons. The maximum Gasteiger partial charge on any atom is 0.412 e. The Kier molecular flexibility index (Phi) is 6.16. The van der Waals surface area contributed by atoms with Gasteiger partial charge in [0.25, 0.3) is 5.91 Å². The van der Waals surface area contributed by atoms with E-state index in [0.717, 1.165) is 23.1 Å². The number of fused-ring (bicyclic) bond motifs is 1. The lowest BCUT2D eigenvalue weighted by atomic mass is 10.0. The van der Waals surface area contributed by atoms with E-state index >= 15 is 0 Å². The molecule has 0 aliphatic carbocycles. The number of nitrogens with zero attached hydrogens (tertiary/aromatic N) is 2. The van der Waals surface area contributed by atoms with E-state index in [1.165, 1.54) is 6.07 Å². The average Bonchev–Trinajstić information content (AvgIpc) is 2.71. The van der Waals surface area contributed by atoms with Crippen LogP contribution in [0, 0.1) is 25.2 Å². The Labute approximate surface area is 177 Å². The highest BCUT2D eigenvalue weighted by Gasteiger charge is 2.18. The Hall–Kier alpha value is -4.39. The second kappa shape index (κ2) is 8.96. The van der Waals surface area contributed by atoms with E-state index in [9.17, 15) is 14.4 Å². The molecule has 10 nitrogen and oxygen atoms in total. The number of nitrogens with one attached hydrogen (secondary N) is 2. The molecule has 2 aromatic carbocycles. The molecule has 0 aromatic heterocycles. The molecular weight excluding hydrogens is 402 g/mol. The largest absolute Gasteiger partial charge is 0.457 e. The molecule has 1 aliphatic heterocycles. The van der Waals surface area contributed by atoms with Crippen molar-refractivity contribution >= 4 is 29.4 Å². The summed E-state index contributed by atoms with van der Waals surface area (Å²) in [7, 11) is 0. The van der Waals surface area contributed by atoms with E-state index in [4.69, 9.17) is 15.7 Å². The van der Waals surface area contributed by atoms with Gasteiger partial charge in [0, 0.05) is 12.1 Å². The van der Waals surface area contributed by atoms with Crippen LogP contribution in [-0.4, -0.2) is 30.2 Å². The first-order valence-electron chi connectivity index (χ1n) is 9.24. The fraction of sp³-hybridized carbons (Fsp3) is 0.190. The van der Waals surface area contributed by atoms with Crippen molar-refractivity contribution in [1.82, 2.24) is 5.32 Å². The number of rotatable bonds is 5. The number of anilines is 1. The van der Waals surface area contributed by atoms with Crippen LogP contribution in [0.4, 0.5) is 10.5 Å². The Morgan fingerprint density at radius 3 is 2.58 bits per heavy atom. The number of carbonyl (C=O) groups is 3. The molecule has 1 heterocycles. The van der Waals surface area contributed by atoms with Crippen LogP contribution in [-0.2, 0) is 16.0 Å². The number of primary amides is 1. The summed E-state index contributed by atoms with van der Waals surface area (Å²) in [4.78, 5) is 34.1. The normalized spacial score (nSPS) is 12.8. The van der Waals surface area contributed by atoms with Gasteiger partial charge in [-0.3, -0.25) is 10.2 Å². The molecule has 2 aromatic rings. The zero-order chi connectivity index (χ0) is 22.5. The lowest BCUT2D eigenvalue weighted by Crippen LogP contribution is -2.31. The van der Waals surface area contributed by atoms with Crippen molar-refractivity contribution in [1.29, 1.82) is 5.26 Å². The minimum Gasteiger partial charge on any atom is -0.457 e. The van der Waals surface area contributed by atoms with Crippen molar-refractivity contribution in [2.24, 2.45) is 10.8 Å². The summed E-state index contributed by atoms with van der Waals surface area (Å²) in [6.45, 7) is 4.25. The molecule has 0 unspecified atom stereocenters. The standard InChI is InChI=1S/C21H19N5O5/c1-11-7-14(25-26-17(10-22)20(28)31-21(23)29)8-12(2)18(11)30-15-3-4-16-13(9-15)5-6-24-19(16)27/h3-4,7-9,25H,5-6H2,1-2H3,(H2,23,29)(H,24,27). The number of hydrogen-bond acceptors (Lipinski definition) is 8. The first kappa shape index (κ1) is 21.3. The van der Waals surface area contributed by atoms with Crippen molar-refractivity contribution in [3.05, 3.63) is 52.6 Å². The van der Waals surface area contributed by atoms with Crippen LogP contribution >= 0.6 is 0 Å². The van der Waals surface area contributed by atoms with E-state index < -0.39 is 17.8 Å². The maximum absolute atomic E-state index is 11.9. The minimum absolute atomic E-state index is 0.0902. The number of esters is 1. The topological polar surface area (TPSA) is 156 Å². The summed E-state index contributed by atoms with van der Waals surface area (Å²) < 4.78 is 10.2. The molecule has 10 heteroatoms. The van der Waals surface area contributed by atoms with Gasteiger partial charge in [0.15, 0.2) is 0 Å². The van der Waals surface area contributed by atoms with Crippen molar-refractivity contribution < 1.29 is 23.9 Å². The number of carbonyl (C=O) groups excluding carboxylic acids is 3. The van der Waals surface area contributed by atoms with Crippen LogP contribution in [0.25, 0.3) is 0 Å². The Balaban J connectivity index is 1.79. The van der Waals surface area contributed by atoms with Crippen LogP contribution in [0.15, 0.2) is 35.4 Å². The first-order chi connectivity index (χ1) is 14.8. The van der Waals surface area contributed by atoms with Crippen molar-refractivity contribution in [3.8, 4) is 17.6 Å². The predicted molar refractivity (Wildman–Crippen MR) is 111 cm³/mol. The molecular formula is C21H19N5O5. The van der Waals surface area contributed by atoms with E-state index in [-0.39, 0.29) is 5.91 Å². The van der Waals surface area contributed by atoms with E-state index in [2.05, 4.69) is 20.6 Å². The molecule has 0 saturated heterocycles. The summed E-state index contributed by atoms with van der Waals surface area (Å²) in [5.74, 6) is -0.104. The van der Waals surface area contributed by atoms with Gasteiger partial charge in [-0.15, -0.1) is 0 Å². The number of hydrazone groups is 1. The van der Waals surface area contributed by atoms with Gasteiger partial charge in [-0.1, -0.05) is 0 Å². The second-order valence-corrected chi connectivity index (χ2v) is 6.76. The van der Waals surface area contributed by atoms with Gasteiger partial charge < -0.3 is 20.5 Å². The lowest BCUT2D eigenvalue weighted by Gasteiger charge is -2.18. The molecule has 1 aliphatic rings. The number of benzene rings is 2. The SMILES string of the molecule is Cc1cc(NN=C(C#N)C(=O)OC(N)=O)cc(C)c1Oc1ccc2c(c1)CCNC2=O. The molecule has 0 spiro atoms. The highest BCUT2D eigenvalue weighted by Crippen LogP contribution is 2.32. The van der Waals surface area contributed by atoms with Gasteiger partial charge >= 0.3 is 12.1 Å². The minimum atomic E-state index is -1.33. The molecule has 0 fully saturated rings. The first-order valence-corrected chi connectivity index (χ1v) is 9.24. The third-order valence-electron chi connectivity index (χ3n) is 4.47. The van der Waals surface area contributed by atoms with Gasteiger partial charge in [0.05, 0.1) is 5.69 Å². The zero-order valence-corrected chi connectivity index (χ0v) is 16.8. The molecule has 0 bridgehead atoms. The van der Waals surface area contributed by atoms with Crippen LogP contribution in [0.1, 0.15) is 27.0 Å². The molecule has 0 radical (unpaired) electrons. The van der Waals surface area contributed by atoms with Gasteiger partial charge in [0.2, 0.25) is 5.71 Å². The van der Waals surface area contributed by atoms with E-state index in [1.54, 1.807) is 24.3 Å². The summed E-state index contributed by atoms with van der Waals surface area (Å²) in [5, 5.41) is 15.5. The number of aryl methyl sites for hydroxylation is 2. The van der Waals surface area contributed by atoms with Gasteiger partial charge in [0.1, 0.15) is 17.6 Å². The van der Waals surface area contributed by atoms with Gasteiger partial charge in [-0.05, 0) is 67.3 Å². The lowest BCUT2D eigenvalue weighted by molar-refractivity contribution is -0.129. The zero-order valence-electron chi connectivity index (χ0n) is 16.8. The summed E-state index contributed by atoms with van der Waals surface area (Å²) in [5.41, 5.74) is 10.3. The second-order valence-electron chi connectivity index (χ2n) is 6.76. The van der Waals surface area contributed by atoms with Crippen LogP contribution in [0.2, 0.25) is 0 Å². The van der Waals surface area contributed by atoms with Gasteiger partial charge in [-0.25, -0.2) is 9.59 Å². The van der Waals surface area contributed by atoms with Crippen molar-refractivity contribution in [3.63, 3.8) is 0 Å². The predicted octanol–water partition coefficient (Wildman–Crippen LogP) is 2.30. The third kappa shape index (κ3) is 4.97. The molecule has 2 amide bonds. The molecule has 0 saturated carbocycles. The Morgan fingerprint density at radius 1 is 1.23 bits per heavy atom. The summed E-state index contributed by atoms with van der Waals surface area (Å²) in [6.07, 6.45) is -0.597. The molecule has 4 N–H and O–H groups in total. The highest BCUT2D eigenvalue weighted by atomic mass is 16.6. The number of hydrogen-bond donors (Lipinski definition) is 3. The monoisotopic (exact) mass is 421 g/mol. The summed E-state index contributed by atoms with van der Waals surface area (Å²) >= 11 is 0. The Morgan fingerprint density at radius 2 is 1.94 bits per heavy atom. The number of nitriles is 1. The molecule has 3 rings (SSSR count). The van der Waals surface area contributed by atoms with E-state index in [0.29, 0.717) is 29.3 Å². The van der Waals surface area contributed by atoms with E-state index in [1.807, 2.05) is 19.9 Å². The maximum atomic E-state index is 11.9. The van der Waals surface area contributed by atoms with Crippen LogP contribution in [0.3, 0.4) is 0 Å². The van der Waals surface area contributed by atoms with Crippen LogP contribution in [0.5, 0.6) is 11.5 Å². The van der Waals surface area contributed by atoms with Crippen LogP contribution < -0.4 is 21.2 Å². The number of amides is 2. The van der Waals surface area contributed by atoms with Crippen molar-refractivity contribution in [2.45, 2.75) is 20.3 Å². The number of ether oxygens (including phenoxy) is 2. The fourth-order valence-corrected chi connectivity index (χ4v) is 3.14. The molecule has 31 heavy (non-hydrogen) atoms. The third-order valence-corrected chi connectivity index (χ3v) is 4.47. The summed E-state index contributed by atoms with van der Waals surface area (Å²) in [6, 6.07) is 10.3. The van der Waals surface area contributed by atoms with Crippen molar-refractivity contribution in [2.75, 3.05) is 12.0 Å². The average molecular weight is 421 g/mol. The quantitative estimate of drug-likeness (QED) is 0.289. The van der Waals surface area contributed by atoms with Gasteiger partial charge in [-0.2, -0.15) is 10.4 Å². The molecule has 0 atom stereocenters. The highest BCUT2D eigenvalue weighted by molar-refractivity contribution is 6.44. The number of nitrogens with two attached hydrogens (primary N) is 1. The Bertz CT molecular complexity index is 1130.